The second-order valence-corrected chi connectivity index (χ2v) is 7.59. The van der Waals surface area contributed by atoms with E-state index in [-0.39, 0.29) is 0 Å². The molecule has 0 saturated heterocycles. The van der Waals surface area contributed by atoms with Gasteiger partial charge in [0.15, 0.2) is 0 Å². The standard InChI is InChI=1S/C18H25N3.2C2H2O4/c1-20(2)9-6-16-13-19-18-5-4-15(12-17(16)18)14-7-10-21(3)11-8-14;2*3-1(4)2(5)6/h4-5,7,12-13,19H,6,8-11H2,1-3H3;2*(H,3,4)(H,5,6). The van der Waals surface area contributed by atoms with E-state index in [9.17, 15) is 0 Å². The molecule has 1 aliphatic heterocycles. The number of carboxylic acid groups (broad SMARTS) is 4. The molecular formula is C22H29N3O8. The van der Waals surface area contributed by atoms with Gasteiger partial charge in [-0.1, -0.05) is 12.1 Å². The van der Waals surface area contributed by atoms with Crippen molar-refractivity contribution in [2.24, 2.45) is 0 Å². The lowest BCUT2D eigenvalue weighted by molar-refractivity contribution is -0.159. The van der Waals surface area contributed by atoms with Crippen molar-refractivity contribution >= 4 is 40.4 Å². The van der Waals surface area contributed by atoms with Gasteiger partial charge in [-0.15, -0.1) is 0 Å². The Kier molecular flexibility index (Phi) is 10.8. The Morgan fingerprint density at radius 1 is 1.00 bits per heavy atom. The van der Waals surface area contributed by atoms with Crippen molar-refractivity contribution in [3.8, 4) is 0 Å². The van der Waals surface area contributed by atoms with Crippen LogP contribution in [0, 0.1) is 0 Å². The van der Waals surface area contributed by atoms with Crippen LogP contribution in [0.2, 0.25) is 0 Å². The quantitative estimate of drug-likeness (QED) is 0.416. The minimum Gasteiger partial charge on any atom is -0.473 e. The van der Waals surface area contributed by atoms with E-state index in [0.29, 0.717) is 0 Å². The maximum absolute atomic E-state index is 9.10. The summed E-state index contributed by atoms with van der Waals surface area (Å²) in [5, 5.41) is 30.9. The van der Waals surface area contributed by atoms with Crippen LogP contribution in [-0.4, -0.2) is 99.9 Å². The Labute approximate surface area is 190 Å². The number of nitrogens with one attached hydrogen (secondary N) is 1. The molecule has 0 unspecified atom stereocenters. The van der Waals surface area contributed by atoms with Crippen LogP contribution in [-0.2, 0) is 25.6 Å². The maximum Gasteiger partial charge on any atom is 0.414 e. The minimum atomic E-state index is -1.82. The van der Waals surface area contributed by atoms with E-state index in [1.54, 1.807) is 0 Å². The highest BCUT2D eigenvalue weighted by Gasteiger charge is 2.12. The van der Waals surface area contributed by atoms with E-state index in [4.69, 9.17) is 39.6 Å². The second kappa shape index (κ2) is 13.0. The minimum absolute atomic E-state index is 1.06. The monoisotopic (exact) mass is 463 g/mol. The first-order chi connectivity index (χ1) is 15.4. The van der Waals surface area contributed by atoms with Crippen LogP contribution in [0.3, 0.4) is 0 Å². The lowest BCUT2D eigenvalue weighted by Crippen LogP contribution is -2.23. The first-order valence-electron chi connectivity index (χ1n) is 9.97. The number of rotatable bonds is 4. The molecule has 11 heteroatoms. The number of H-pyrrole nitrogens is 1. The number of hydrogen-bond donors (Lipinski definition) is 5. The van der Waals surface area contributed by atoms with E-state index in [1.165, 1.54) is 27.6 Å². The van der Waals surface area contributed by atoms with Crippen molar-refractivity contribution in [1.82, 2.24) is 14.8 Å². The average molecular weight is 463 g/mol. The fraction of sp³-hybridized carbons (Fsp3) is 0.364. The lowest BCUT2D eigenvalue weighted by Gasteiger charge is -2.22. The molecule has 3 rings (SSSR count). The zero-order valence-corrected chi connectivity index (χ0v) is 18.7. The molecule has 33 heavy (non-hydrogen) atoms. The largest absolute Gasteiger partial charge is 0.473 e. The van der Waals surface area contributed by atoms with E-state index < -0.39 is 23.9 Å². The second-order valence-electron chi connectivity index (χ2n) is 7.59. The first kappa shape index (κ1) is 27.3. The molecule has 0 bridgehead atoms. The molecule has 180 valence electrons. The van der Waals surface area contributed by atoms with E-state index >= 15 is 0 Å². The van der Waals surface area contributed by atoms with Gasteiger partial charge < -0.3 is 35.2 Å². The Bertz CT molecular complexity index is 978. The van der Waals surface area contributed by atoms with Gasteiger partial charge >= 0.3 is 23.9 Å². The molecule has 11 nitrogen and oxygen atoms in total. The molecule has 0 spiro atoms. The predicted octanol–water partition coefficient (Wildman–Crippen LogP) is 1.30. The summed E-state index contributed by atoms with van der Waals surface area (Å²) in [7, 11) is 6.44. The molecule has 0 atom stereocenters. The molecular weight excluding hydrogens is 434 g/mol. The van der Waals surface area contributed by atoms with Crippen molar-refractivity contribution in [3.63, 3.8) is 0 Å². The van der Waals surface area contributed by atoms with Gasteiger partial charge in [-0.25, -0.2) is 19.2 Å². The number of carbonyl (C=O) groups is 4. The van der Waals surface area contributed by atoms with Crippen molar-refractivity contribution in [2.45, 2.75) is 12.8 Å². The van der Waals surface area contributed by atoms with Crippen LogP contribution < -0.4 is 0 Å². The Morgan fingerprint density at radius 2 is 1.58 bits per heavy atom. The van der Waals surface area contributed by atoms with Crippen LogP contribution in [0.4, 0.5) is 0 Å². The highest BCUT2D eigenvalue weighted by Crippen LogP contribution is 2.27. The molecule has 0 fully saturated rings. The molecule has 0 aliphatic carbocycles. The topological polar surface area (TPSA) is 171 Å². The number of aliphatic carboxylic acids is 4. The van der Waals surface area contributed by atoms with Gasteiger partial charge in [0.1, 0.15) is 0 Å². The molecule has 0 radical (unpaired) electrons. The lowest BCUT2D eigenvalue weighted by atomic mass is 9.97. The zero-order valence-electron chi connectivity index (χ0n) is 18.7. The van der Waals surface area contributed by atoms with E-state index in [1.807, 2.05) is 0 Å². The fourth-order valence-corrected chi connectivity index (χ4v) is 2.96. The number of fused-ring (bicyclic) bond motifs is 1. The molecule has 1 aromatic heterocycles. The summed E-state index contributed by atoms with van der Waals surface area (Å²) in [6.07, 6.45) is 6.79. The predicted molar refractivity (Wildman–Crippen MR) is 121 cm³/mol. The van der Waals surface area contributed by atoms with Gasteiger partial charge in [0, 0.05) is 36.7 Å². The van der Waals surface area contributed by atoms with E-state index in [2.05, 4.69) is 66.4 Å². The molecule has 2 heterocycles. The van der Waals surface area contributed by atoms with Gasteiger partial charge in [0.25, 0.3) is 0 Å². The van der Waals surface area contributed by atoms with E-state index in [0.717, 1.165) is 32.5 Å². The number of carboxylic acids is 4. The Balaban J connectivity index is 0.000000377. The molecule has 0 saturated carbocycles. The van der Waals surface area contributed by atoms with Gasteiger partial charge in [-0.3, -0.25) is 0 Å². The first-order valence-corrected chi connectivity index (χ1v) is 9.97. The van der Waals surface area contributed by atoms with Crippen molar-refractivity contribution in [3.05, 3.63) is 41.6 Å². The summed E-state index contributed by atoms with van der Waals surface area (Å²) in [6, 6.07) is 6.85. The number of likely N-dealkylation sites (N-methyl/N-ethyl adjacent to an activating group) is 2. The number of nitrogens with zero attached hydrogens (tertiary/aromatic N) is 2. The third kappa shape index (κ3) is 9.54. The number of aromatic amines is 1. The Hall–Kier alpha value is -3.70. The summed E-state index contributed by atoms with van der Waals surface area (Å²) in [5.41, 5.74) is 5.56. The van der Waals surface area contributed by atoms with Crippen LogP contribution in [0.15, 0.2) is 30.5 Å². The van der Waals surface area contributed by atoms with Crippen LogP contribution in [0.5, 0.6) is 0 Å². The summed E-state index contributed by atoms with van der Waals surface area (Å²) in [5.74, 6) is -7.30. The fourth-order valence-electron chi connectivity index (χ4n) is 2.96. The van der Waals surface area contributed by atoms with Gasteiger partial charge in [0.05, 0.1) is 0 Å². The summed E-state index contributed by atoms with van der Waals surface area (Å²) in [4.78, 5) is 44.4. The molecule has 1 aromatic carbocycles. The molecule has 2 aromatic rings. The van der Waals surface area contributed by atoms with Crippen molar-refractivity contribution < 1.29 is 39.6 Å². The smallest absolute Gasteiger partial charge is 0.414 e. The van der Waals surface area contributed by atoms with Crippen LogP contribution in [0.25, 0.3) is 16.5 Å². The summed E-state index contributed by atoms with van der Waals surface area (Å²) in [6.45, 7) is 3.31. The van der Waals surface area contributed by atoms with Gasteiger partial charge in [-0.05, 0) is 62.8 Å². The number of hydrogen-bond acceptors (Lipinski definition) is 6. The van der Waals surface area contributed by atoms with Gasteiger partial charge in [0.2, 0.25) is 0 Å². The highest BCUT2D eigenvalue weighted by molar-refractivity contribution is 6.27. The van der Waals surface area contributed by atoms with Crippen LogP contribution >= 0.6 is 0 Å². The summed E-state index contributed by atoms with van der Waals surface area (Å²) >= 11 is 0. The Morgan fingerprint density at radius 3 is 2.03 bits per heavy atom. The summed E-state index contributed by atoms with van der Waals surface area (Å²) < 4.78 is 0. The van der Waals surface area contributed by atoms with Crippen LogP contribution in [0.1, 0.15) is 17.5 Å². The number of aromatic nitrogens is 1. The molecule has 5 N–H and O–H groups in total. The maximum atomic E-state index is 9.10. The SMILES string of the molecule is CN(C)CCc1c[nH]c2ccc(C3=CCN(C)CC3)cc12.O=C(O)C(=O)O.O=C(O)C(=O)O. The van der Waals surface area contributed by atoms with Gasteiger partial charge in [-0.2, -0.15) is 0 Å². The van der Waals surface area contributed by atoms with Crippen molar-refractivity contribution in [1.29, 1.82) is 0 Å². The average Bonchev–Trinajstić information content (AvgIpc) is 3.15. The molecule has 0 amide bonds. The third-order valence-electron chi connectivity index (χ3n) is 4.74. The highest BCUT2D eigenvalue weighted by atomic mass is 16.4. The normalized spacial score (nSPS) is 13.3. The number of benzene rings is 1. The third-order valence-corrected chi connectivity index (χ3v) is 4.74. The molecule has 1 aliphatic rings. The van der Waals surface area contributed by atoms with Crippen molar-refractivity contribution in [2.75, 3.05) is 40.8 Å². The zero-order chi connectivity index (χ0) is 25.1.